The number of morpholine rings is 1. The van der Waals surface area contributed by atoms with Gasteiger partial charge in [0.05, 0.1) is 17.0 Å². The van der Waals surface area contributed by atoms with Crippen LogP contribution in [0.2, 0.25) is 4.34 Å². The summed E-state index contributed by atoms with van der Waals surface area (Å²) in [6, 6.07) is 4.53. The molecule has 0 saturated carbocycles. The highest BCUT2D eigenvalue weighted by Crippen LogP contribution is 2.30. The summed E-state index contributed by atoms with van der Waals surface area (Å²) in [6.07, 6.45) is 0.298. The van der Waals surface area contributed by atoms with Crippen LogP contribution in [-0.2, 0) is 4.74 Å². The molecule has 1 aromatic heterocycles. The third-order valence-corrected chi connectivity index (χ3v) is 4.56. The fourth-order valence-electron chi connectivity index (χ4n) is 2.18. The van der Waals surface area contributed by atoms with E-state index in [1.54, 1.807) is 11.3 Å². The average Bonchev–Trinajstić information content (AvgIpc) is 2.76. The molecule has 1 aromatic rings. The number of ether oxygens (including phenoxy) is 1. The lowest BCUT2D eigenvalue weighted by atomic mass is 10.2. The minimum Gasteiger partial charge on any atom is -0.374 e. The van der Waals surface area contributed by atoms with Gasteiger partial charge < -0.3 is 10.1 Å². The molecule has 17 heavy (non-hydrogen) atoms. The van der Waals surface area contributed by atoms with Crippen LogP contribution in [0.1, 0.15) is 17.8 Å². The normalized spacial score (nSPS) is 23.8. The molecule has 0 aliphatic carbocycles. The summed E-state index contributed by atoms with van der Waals surface area (Å²) in [5, 5.41) is 3.17. The van der Waals surface area contributed by atoms with Crippen molar-refractivity contribution < 1.29 is 4.74 Å². The number of nitrogens with one attached hydrogen (secondary N) is 1. The van der Waals surface area contributed by atoms with Gasteiger partial charge in [-0.3, -0.25) is 4.90 Å². The fraction of sp³-hybridized carbons (Fsp3) is 0.667. The van der Waals surface area contributed by atoms with E-state index in [-0.39, 0.29) is 0 Å². The van der Waals surface area contributed by atoms with Crippen molar-refractivity contribution in [1.82, 2.24) is 10.2 Å². The molecular weight excluding hydrogens is 256 g/mol. The largest absolute Gasteiger partial charge is 0.374 e. The van der Waals surface area contributed by atoms with Crippen LogP contribution < -0.4 is 5.32 Å². The number of nitrogens with zero attached hydrogens (tertiary/aromatic N) is 1. The average molecular weight is 275 g/mol. The summed E-state index contributed by atoms with van der Waals surface area (Å²) in [6.45, 7) is 5.95. The number of halogens is 1. The Bertz CT molecular complexity index is 356. The van der Waals surface area contributed by atoms with Crippen molar-refractivity contribution in [1.29, 1.82) is 0 Å². The summed E-state index contributed by atoms with van der Waals surface area (Å²) in [7, 11) is 1.96. The van der Waals surface area contributed by atoms with Gasteiger partial charge in [0.25, 0.3) is 0 Å². The Morgan fingerprint density at radius 3 is 3.12 bits per heavy atom. The van der Waals surface area contributed by atoms with Gasteiger partial charge in [0.15, 0.2) is 0 Å². The van der Waals surface area contributed by atoms with Gasteiger partial charge in [-0.15, -0.1) is 11.3 Å². The molecule has 0 aromatic carbocycles. The molecule has 0 radical (unpaired) electrons. The third kappa shape index (κ3) is 3.42. The minimum absolute atomic E-state index is 0.298. The molecule has 2 unspecified atom stereocenters. The van der Waals surface area contributed by atoms with Crippen molar-refractivity contribution in [2.45, 2.75) is 19.1 Å². The monoisotopic (exact) mass is 274 g/mol. The van der Waals surface area contributed by atoms with Crippen molar-refractivity contribution in [2.75, 3.05) is 33.3 Å². The van der Waals surface area contributed by atoms with Crippen LogP contribution in [0.3, 0.4) is 0 Å². The SMILES string of the molecule is CNCC1CN(C(C)c2ccc(Cl)s2)CCO1. The van der Waals surface area contributed by atoms with E-state index in [1.807, 2.05) is 13.1 Å². The molecule has 1 aliphatic rings. The van der Waals surface area contributed by atoms with Crippen molar-refractivity contribution >= 4 is 22.9 Å². The summed E-state index contributed by atoms with van der Waals surface area (Å²) in [5.74, 6) is 0. The molecule has 1 saturated heterocycles. The molecule has 3 nitrogen and oxygen atoms in total. The first kappa shape index (κ1) is 13.3. The van der Waals surface area contributed by atoms with Crippen LogP contribution in [0, 0.1) is 0 Å². The zero-order valence-electron chi connectivity index (χ0n) is 10.3. The van der Waals surface area contributed by atoms with E-state index in [9.17, 15) is 0 Å². The van der Waals surface area contributed by atoms with E-state index in [1.165, 1.54) is 4.88 Å². The maximum Gasteiger partial charge on any atom is 0.0931 e. The van der Waals surface area contributed by atoms with Crippen molar-refractivity contribution in [3.8, 4) is 0 Å². The highest BCUT2D eigenvalue weighted by Gasteiger charge is 2.25. The first-order chi connectivity index (χ1) is 8.20. The lowest BCUT2D eigenvalue weighted by Gasteiger charge is -2.36. The third-order valence-electron chi connectivity index (χ3n) is 3.16. The van der Waals surface area contributed by atoms with Gasteiger partial charge in [-0.2, -0.15) is 0 Å². The summed E-state index contributed by atoms with van der Waals surface area (Å²) >= 11 is 7.66. The molecule has 0 bridgehead atoms. The Labute approximate surface area is 112 Å². The van der Waals surface area contributed by atoms with E-state index < -0.39 is 0 Å². The quantitative estimate of drug-likeness (QED) is 0.912. The fourth-order valence-corrected chi connectivity index (χ4v) is 3.33. The number of rotatable bonds is 4. The Hall–Kier alpha value is -0.130. The predicted octanol–water partition coefficient (Wildman–Crippen LogP) is 2.38. The van der Waals surface area contributed by atoms with Crippen LogP contribution in [-0.4, -0.2) is 44.3 Å². The lowest BCUT2D eigenvalue weighted by molar-refractivity contribution is -0.0388. The van der Waals surface area contributed by atoms with Gasteiger partial charge in [0, 0.05) is 30.6 Å². The maximum absolute atomic E-state index is 5.99. The number of likely N-dealkylation sites (N-methyl/N-ethyl adjacent to an activating group) is 1. The Balaban J connectivity index is 1.97. The molecule has 2 rings (SSSR count). The van der Waals surface area contributed by atoms with E-state index in [0.29, 0.717) is 12.1 Å². The second kappa shape index (κ2) is 6.16. The standard InChI is InChI=1S/C12H19ClN2OS/c1-9(11-3-4-12(13)17-11)15-5-6-16-10(8-15)7-14-2/h3-4,9-10,14H,5-8H2,1-2H3. The Morgan fingerprint density at radius 1 is 1.65 bits per heavy atom. The van der Waals surface area contributed by atoms with Gasteiger partial charge in [-0.1, -0.05) is 11.6 Å². The molecule has 2 atom stereocenters. The Kier molecular flexibility index (Phi) is 4.82. The van der Waals surface area contributed by atoms with E-state index in [2.05, 4.69) is 23.2 Å². The van der Waals surface area contributed by atoms with Crippen molar-refractivity contribution in [3.05, 3.63) is 21.3 Å². The van der Waals surface area contributed by atoms with E-state index in [0.717, 1.165) is 30.6 Å². The zero-order valence-corrected chi connectivity index (χ0v) is 11.9. The van der Waals surface area contributed by atoms with E-state index in [4.69, 9.17) is 16.3 Å². The number of hydrogen-bond donors (Lipinski definition) is 1. The first-order valence-corrected chi connectivity index (χ1v) is 7.15. The molecule has 0 spiro atoms. The first-order valence-electron chi connectivity index (χ1n) is 5.96. The van der Waals surface area contributed by atoms with Gasteiger partial charge in [0.2, 0.25) is 0 Å². The number of hydrogen-bond acceptors (Lipinski definition) is 4. The summed E-state index contributed by atoms with van der Waals surface area (Å²) in [4.78, 5) is 3.80. The highest BCUT2D eigenvalue weighted by atomic mass is 35.5. The minimum atomic E-state index is 0.298. The number of thiophene rings is 1. The van der Waals surface area contributed by atoms with Crippen molar-refractivity contribution in [2.24, 2.45) is 0 Å². The van der Waals surface area contributed by atoms with Crippen LogP contribution in [0.15, 0.2) is 12.1 Å². The van der Waals surface area contributed by atoms with Crippen LogP contribution in [0.4, 0.5) is 0 Å². The molecule has 1 aliphatic heterocycles. The predicted molar refractivity (Wildman–Crippen MR) is 73.0 cm³/mol. The highest BCUT2D eigenvalue weighted by molar-refractivity contribution is 7.16. The zero-order chi connectivity index (χ0) is 12.3. The Morgan fingerprint density at radius 2 is 2.47 bits per heavy atom. The lowest BCUT2D eigenvalue weighted by Crippen LogP contribution is -2.46. The van der Waals surface area contributed by atoms with Crippen LogP contribution >= 0.6 is 22.9 Å². The van der Waals surface area contributed by atoms with Gasteiger partial charge in [-0.05, 0) is 26.1 Å². The molecule has 0 amide bonds. The summed E-state index contributed by atoms with van der Waals surface area (Å²) in [5.41, 5.74) is 0. The van der Waals surface area contributed by atoms with Crippen molar-refractivity contribution in [3.63, 3.8) is 0 Å². The second-order valence-corrected chi connectivity index (χ2v) is 6.11. The van der Waals surface area contributed by atoms with Gasteiger partial charge in [0.1, 0.15) is 0 Å². The summed E-state index contributed by atoms with van der Waals surface area (Å²) < 4.78 is 6.58. The smallest absolute Gasteiger partial charge is 0.0931 e. The van der Waals surface area contributed by atoms with Crippen LogP contribution in [0.25, 0.3) is 0 Å². The van der Waals surface area contributed by atoms with E-state index >= 15 is 0 Å². The molecule has 5 heteroatoms. The van der Waals surface area contributed by atoms with Crippen LogP contribution in [0.5, 0.6) is 0 Å². The van der Waals surface area contributed by atoms with Gasteiger partial charge in [-0.25, -0.2) is 0 Å². The molecular formula is C12H19ClN2OS. The molecule has 2 heterocycles. The van der Waals surface area contributed by atoms with Gasteiger partial charge >= 0.3 is 0 Å². The second-order valence-electron chi connectivity index (χ2n) is 4.36. The molecule has 1 N–H and O–H groups in total. The topological polar surface area (TPSA) is 24.5 Å². The maximum atomic E-state index is 5.99. The molecule has 1 fully saturated rings. The molecule has 96 valence electrons.